The van der Waals surface area contributed by atoms with Crippen molar-refractivity contribution in [2.75, 3.05) is 13.1 Å². The summed E-state index contributed by atoms with van der Waals surface area (Å²) in [4.78, 5) is 39.4. The fourth-order valence-electron chi connectivity index (χ4n) is 3.83. The van der Waals surface area contributed by atoms with Crippen molar-refractivity contribution in [2.45, 2.75) is 31.6 Å². The first-order chi connectivity index (χ1) is 10.1. The molecule has 0 saturated carbocycles. The summed E-state index contributed by atoms with van der Waals surface area (Å²) >= 11 is 0. The minimum atomic E-state index is -0.775. The first-order valence-corrected chi connectivity index (χ1v) is 7.10. The standard InChI is InChI=1S/C14H15N3O4/c18-7-8-4-15-6-10-16-3-1-2-9(16)5-17(10)14(21)11(15)13(20)12(8)19/h4,7,9-10,20H,1-3,5-6H2. The lowest BCUT2D eigenvalue weighted by Crippen LogP contribution is -2.50. The summed E-state index contributed by atoms with van der Waals surface area (Å²) < 4.78 is 1.55. The Bertz CT molecular complexity index is 711. The van der Waals surface area contributed by atoms with Gasteiger partial charge in [-0.3, -0.25) is 19.3 Å². The molecule has 0 aliphatic carbocycles. The van der Waals surface area contributed by atoms with E-state index in [-0.39, 0.29) is 23.3 Å². The summed E-state index contributed by atoms with van der Waals surface area (Å²) in [5.74, 6) is -0.942. The second kappa shape index (κ2) is 4.17. The molecule has 1 aromatic heterocycles. The zero-order valence-corrected chi connectivity index (χ0v) is 11.4. The third-order valence-corrected chi connectivity index (χ3v) is 4.81. The van der Waals surface area contributed by atoms with Gasteiger partial charge >= 0.3 is 0 Å². The van der Waals surface area contributed by atoms with E-state index < -0.39 is 11.2 Å². The topological polar surface area (TPSA) is 82.8 Å². The van der Waals surface area contributed by atoms with Crippen molar-refractivity contribution in [3.05, 3.63) is 27.7 Å². The molecule has 3 aliphatic heterocycles. The zero-order valence-electron chi connectivity index (χ0n) is 11.4. The maximum atomic E-state index is 12.6. The van der Waals surface area contributed by atoms with Gasteiger partial charge in [-0.05, 0) is 12.8 Å². The number of carbonyl (C=O) groups is 2. The average molecular weight is 289 g/mol. The van der Waals surface area contributed by atoms with Crippen molar-refractivity contribution in [3.63, 3.8) is 0 Å². The summed E-state index contributed by atoms with van der Waals surface area (Å²) in [6.07, 6.45) is 3.95. The van der Waals surface area contributed by atoms with E-state index in [1.165, 1.54) is 6.20 Å². The van der Waals surface area contributed by atoms with E-state index in [0.717, 1.165) is 19.4 Å². The molecule has 0 spiro atoms. The number of carbonyl (C=O) groups excluding carboxylic acids is 2. The number of fused-ring (bicyclic) bond motifs is 4. The average Bonchev–Trinajstić information content (AvgIpc) is 3.04. The molecule has 0 bridgehead atoms. The minimum Gasteiger partial charge on any atom is -0.503 e. The Kier molecular flexibility index (Phi) is 2.50. The van der Waals surface area contributed by atoms with E-state index in [1.807, 2.05) is 0 Å². The molecule has 0 radical (unpaired) electrons. The molecule has 21 heavy (non-hydrogen) atoms. The molecule has 1 aromatic rings. The molecule has 7 nitrogen and oxygen atoms in total. The molecular formula is C14H15N3O4. The highest BCUT2D eigenvalue weighted by Gasteiger charge is 2.47. The summed E-state index contributed by atoms with van der Waals surface area (Å²) in [6.45, 7) is 2.08. The number of hydrogen-bond donors (Lipinski definition) is 1. The molecule has 2 atom stereocenters. The molecule has 1 amide bonds. The van der Waals surface area contributed by atoms with Crippen LogP contribution in [0, 0.1) is 0 Å². The predicted octanol–water partition coefficient (Wildman–Crippen LogP) is -0.374. The number of rotatable bonds is 1. The molecule has 4 rings (SSSR count). The van der Waals surface area contributed by atoms with Crippen LogP contribution in [0.5, 0.6) is 5.75 Å². The van der Waals surface area contributed by atoms with Crippen molar-refractivity contribution in [2.24, 2.45) is 0 Å². The lowest BCUT2D eigenvalue weighted by molar-refractivity contribution is 0.0514. The van der Waals surface area contributed by atoms with Crippen LogP contribution >= 0.6 is 0 Å². The van der Waals surface area contributed by atoms with Crippen LogP contribution in [0.2, 0.25) is 0 Å². The first kappa shape index (κ1) is 12.6. The van der Waals surface area contributed by atoms with Gasteiger partial charge in [-0.15, -0.1) is 0 Å². The zero-order chi connectivity index (χ0) is 14.7. The molecule has 1 N–H and O–H groups in total. The van der Waals surface area contributed by atoms with Crippen molar-refractivity contribution >= 4 is 12.2 Å². The third-order valence-electron chi connectivity index (χ3n) is 4.81. The van der Waals surface area contributed by atoms with Crippen LogP contribution in [-0.4, -0.2) is 57.0 Å². The Morgan fingerprint density at radius 3 is 2.86 bits per heavy atom. The second-order valence-corrected chi connectivity index (χ2v) is 5.85. The highest BCUT2D eigenvalue weighted by Crippen LogP contribution is 2.35. The van der Waals surface area contributed by atoms with E-state index in [0.29, 0.717) is 25.4 Å². The molecule has 4 heterocycles. The molecule has 2 unspecified atom stereocenters. The van der Waals surface area contributed by atoms with Crippen LogP contribution in [0.3, 0.4) is 0 Å². The number of hydrogen-bond acceptors (Lipinski definition) is 5. The monoisotopic (exact) mass is 289 g/mol. The maximum absolute atomic E-state index is 12.6. The molecule has 110 valence electrons. The molecule has 3 aliphatic rings. The maximum Gasteiger partial charge on any atom is 0.275 e. The van der Waals surface area contributed by atoms with Gasteiger partial charge in [-0.1, -0.05) is 0 Å². The van der Waals surface area contributed by atoms with E-state index in [1.54, 1.807) is 9.47 Å². The van der Waals surface area contributed by atoms with Gasteiger partial charge in [0.15, 0.2) is 17.7 Å². The lowest BCUT2D eigenvalue weighted by Gasteiger charge is -2.35. The van der Waals surface area contributed by atoms with Gasteiger partial charge in [0, 0.05) is 25.3 Å². The van der Waals surface area contributed by atoms with Crippen LogP contribution in [0.4, 0.5) is 0 Å². The minimum absolute atomic E-state index is 0.00280. The number of aromatic hydroxyl groups is 1. The van der Waals surface area contributed by atoms with Gasteiger partial charge in [0.2, 0.25) is 5.43 Å². The Morgan fingerprint density at radius 1 is 1.29 bits per heavy atom. The van der Waals surface area contributed by atoms with Gasteiger partial charge < -0.3 is 14.6 Å². The number of amides is 1. The quantitative estimate of drug-likeness (QED) is 0.713. The Labute approximate surface area is 120 Å². The Hall–Kier alpha value is -2.15. The Balaban J connectivity index is 1.85. The van der Waals surface area contributed by atoms with Gasteiger partial charge in [-0.25, -0.2) is 0 Å². The van der Waals surface area contributed by atoms with Crippen molar-refractivity contribution in [1.82, 2.24) is 14.4 Å². The fraction of sp³-hybridized carbons (Fsp3) is 0.500. The summed E-state index contributed by atoms with van der Waals surface area (Å²) in [7, 11) is 0. The van der Waals surface area contributed by atoms with E-state index in [4.69, 9.17) is 0 Å². The highest BCUT2D eigenvalue weighted by atomic mass is 16.3. The summed E-state index contributed by atoms with van der Waals surface area (Å²) in [5, 5.41) is 10.00. The number of aldehydes is 1. The SMILES string of the molecule is O=Cc1cn2c(c(O)c1=O)C(=O)N1CC3CCCN3C1C2. The molecule has 2 fully saturated rings. The number of nitrogens with zero attached hydrogens (tertiary/aromatic N) is 3. The van der Waals surface area contributed by atoms with E-state index in [2.05, 4.69) is 4.90 Å². The fourth-order valence-corrected chi connectivity index (χ4v) is 3.83. The van der Waals surface area contributed by atoms with E-state index >= 15 is 0 Å². The summed E-state index contributed by atoms with van der Waals surface area (Å²) in [6, 6.07) is 0.369. The lowest BCUT2D eigenvalue weighted by atomic mass is 10.1. The first-order valence-electron chi connectivity index (χ1n) is 7.10. The van der Waals surface area contributed by atoms with Crippen LogP contribution in [0.15, 0.2) is 11.0 Å². The second-order valence-electron chi connectivity index (χ2n) is 5.85. The van der Waals surface area contributed by atoms with Crippen molar-refractivity contribution in [1.29, 1.82) is 0 Å². The van der Waals surface area contributed by atoms with Crippen LogP contribution < -0.4 is 5.43 Å². The normalized spacial score (nSPS) is 27.4. The third kappa shape index (κ3) is 1.55. The largest absolute Gasteiger partial charge is 0.503 e. The van der Waals surface area contributed by atoms with Crippen molar-refractivity contribution in [3.8, 4) is 5.75 Å². The molecular weight excluding hydrogens is 274 g/mol. The van der Waals surface area contributed by atoms with Gasteiger partial charge in [0.1, 0.15) is 6.17 Å². The molecule has 7 heteroatoms. The van der Waals surface area contributed by atoms with Gasteiger partial charge in [0.25, 0.3) is 5.91 Å². The van der Waals surface area contributed by atoms with Crippen LogP contribution in [0.1, 0.15) is 33.7 Å². The molecule has 2 saturated heterocycles. The van der Waals surface area contributed by atoms with E-state index in [9.17, 15) is 19.5 Å². The highest BCUT2D eigenvalue weighted by molar-refractivity contribution is 5.97. The molecule has 0 aromatic carbocycles. The number of aromatic nitrogens is 1. The van der Waals surface area contributed by atoms with Crippen LogP contribution in [-0.2, 0) is 6.54 Å². The smallest absolute Gasteiger partial charge is 0.275 e. The number of pyridine rings is 1. The van der Waals surface area contributed by atoms with Crippen molar-refractivity contribution < 1.29 is 14.7 Å². The predicted molar refractivity (Wildman–Crippen MR) is 72.3 cm³/mol. The van der Waals surface area contributed by atoms with Gasteiger partial charge in [0.05, 0.1) is 12.1 Å². The summed E-state index contributed by atoms with van der Waals surface area (Å²) in [5.41, 5.74) is -0.890. The Morgan fingerprint density at radius 2 is 2.10 bits per heavy atom. The van der Waals surface area contributed by atoms with Crippen LogP contribution in [0.25, 0.3) is 0 Å². The van der Waals surface area contributed by atoms with Gasteiger partial charge in [-0.2, -0.15) is 0 Å².